The summed E-state index contributed by atoms with van der Waals surface area (Å²) in [6, 6.07) is 10.7. The summed E-state index contributed by atoms with van der Waals surface area (Å²) in [5, 5.41) is 20.7. The van der Waals surface area contributed by atoms with E-state index >= 15 is 0 Å². The van der Waals surface area contributed by atoms with Crippen LogP contribution >= 0.6 is 0 Å². The molecular formula is C20H20FNO5. The first kappa shape index (κ1) is 20.0. The SMILES string of the molecule is Cc1ccc(NC(=O)O[C@H](c2ccc(O)c(F)c2)[C@H](C)/C=C/C(=O)O)cc1. The van der Waals surface area contributed by atoms with Crippen molar-refractivity contribution in [2.45, 2.75) is 20.0 Å². The summed E-state index contributed by atoms with van der Waals surface area (Å²) in [5.74, 6) is -3.11. The molecule has 0 bridgehead atoms. The van der Waals surface area contributed by atoms with Crippen LogP contribution in [0.25, 0.3) is 0 Å². The number of ether oxygens (including phenoxy) is 1. The van der Waals surface area contributed by atoms with Gasteiger partial charge in [0, 0.05) is 17.7 Å². The fourth-order valence-corrected chi connectivity index (χ4v) is 2.41. The van der Waals surface area contributed by atoms with Crippen molar-refractivity contribution in [3.8, 4) is 5.75 Å². The standard InChI is InChI=1S/C20H20FNO5/c1-12-3-7-15(8-4-12)22-20(26)27-19(13(2)5-10-18(24)25)14-6-9-17(23)16(21)11-14/h3-11,13,19,23H,1-2H3,(H,22,26)(H,24,25)/b10-5+/t13-,19+/m1/s1. The molecule has 1 amide bonds. The van der Waals surface area contributed by atoms with E-state index < -0.39 is 35.7 Å². The van der Waals surface area contributed by atoms with Gasteiger partial charge in [-0.15, -0.1) is 0 Å². The van der Waals surface area contributed by atoms with Crippen LogP contribution < -0.4 is 5.32 Å². The number of carboxylic acid groups (broad SMARTS) is 1. The lowest BCUT2D eigenvalue weighted by molar-refractivity contribution is -0.131. The smallest absolute Gasteiger partial charge is 0.412 e. The van der Waals surface area contributed by atoms with Crippen LogP contribution in [0.4, 0.5) is 14.9 Å². The van der Waals surface area contributed by atoms with E-state index in [0.29, 0.717) is 5.69 Å². The second-order valence-corrected chi connectivity index (χ2v) is 6.08. The lowest BCUT2D eigenvalue weighted by Gasteiger charge is -2.23. The molecule has 0 saturated carbocycles. The van der Waals surface area contributed by atoms with Gasteiger partial charge in [-0.05, 0) is 36.8 Å². The number of carbonyl (C=O) groups excluding carboxylic acids is 1. The molecule has 0 unspecified atom stereocenters. The van der Waals surface area contributed by atoms with Gasteiger partial charge in [0.25, 0.3) is 0 Å². The molecule has 7 heteroatoms. The molecule has 0 heterocycles. The van der Waals surface area contributed by atoms with Crippen LogP contribution in [-0.2, 0) is 9.53 Å². The third-order valence-corrected chi connectivity index (χ3v) is 3.85. The first-order valence-corrected chi connectivity index (χ1v) is 8.20. The van der Waals surface area contributed by atoms with Gasteiger partial charge in [0.2, 0.25) is 0 Å². The van der Waals surface area contributed by atoms with Gasteiger partial charge in [-0.25, -0.2) is 14.0 Å². The van der Waals surface area contributed by atoms with Crippen LogP contribution in [-0.4, -0.2) is 22.3 Å². The average molecular weight is 373 g/mol. The molecule has 6 nitrogen and oxygen atoms in total. The van der Waals surface area contributed by atoms with Crippen molar-refractivity contribution in [2.75, 3.05) is 5.32 Å². The zero-order valence-corrected chi connectivity index (χ0v) is 14.8. The van der Waals surface area contributed by atoms with Crippen molar-refractivity contribution < 1.29 is 28.9 Å². The van der Waals surface area contributed by atoms with Crippen LogP contribution in [0.1, 0.15) is 24.2 Å². The number of benzene rings is 2. The summed E-state index contributed by atoms with van der Waals surface area (Å²) in [6.45, 7) is 3.54. The number of carboxylic acids is 1. The number of hydrogen-bond acceptors (Lipinski definition) is 4. The Morgan fingerprint density at radius 1 is 1.19 bits per heavy atom. The van der Waals surface area contributed by atoms with E-state index in [1.165, 1.54) is 12.1 Å². The molecule has 2 aromatic rings. The third-order valence-electron chi connectivity index (χ3n) is 3.85. The molecule has 0 aliphatic rings. The van der Waals surface area contributed by atoms with Crippen molar-refractivity contribution >= 4 is 17.7 Å². The Balaban J connectivity index is 2.22. The second-order valence-electron chi connectivity index (χ2n) is 6.08. The monoisotopic (exact) mass is 373 g/mol. The summed E-state index contributed by atoms with van der Waals surface area (Å²) in [6.07, 6.45) is 0.543. The molecule has 27 heavy (non-hydrogen) atoms. The zero-order valence-electron chi connectivity index (χ0n) is 14.8. The van der Waals surface area contributed by atoms with Gasteiger partial charge in [-0.1, -0.05) is 36.8 Å². The first-order chi connectivity index (χ1) is 12.8. The van der Waals surface area contributed by atoms with E-state index in [9.17, 15) is 19.1 Å². The Labute approximate surface area is 155 Å². The summed E-state index contributed by atoms with van der Waals surface area (Å²) in [7, 11) is 0. The van der Waals surface area contributed by atoms with Gasteiger partial charge in [-0.2, -0.15) is 0 Å². The molecule has 0 aliphatic carbocycles. The maximum Gasteiger partial charge on any atom is 0.412 e. The third kappa shape index (κ3) is 5.85. The molecule has 3 N–H and O–H groups in total. The highest BCUT2D eigenvalue weighted by molar-refractivity contribution is 5.84. The van der Waals surface area contributed by atoms with Crippen LogP contribution in [0.3, 0.4) is 0 Å². The highest BCUT2D eigenvalue weighted by Gasteiger charge is 2.23. The van der Waals surface area contributed by atoms with E-state index in [1.54, 1.807) is 19.1 Å². The van der Waals surface area contributed by atoms with Crippen molar-refractivity contribution in [3.05, 3.63) is 71.6 Å². The fourth-order valence-electron chi connectivity index (χ4n) is 2.41. The number of aromatic hydroxyl groups is 1. The summed E-state index contributed by atoms with van der Waals surface area (Å²) < 4.78 is 19.1. The molecule has 0 fully saturated rings. The maximum atomic E-state index is 13.7. The van der Waals surface area contributed by atoms with Crippen molar-refractivity contribution in [2.24, 2.45) is 5.92 Å². The van der Waals surface area contributed by atoms with Gasteiger partial charge in [0.1, 0.15) is 6.10 Å². The minimum atomic E-state index is -1.15. The Hall–Kier alpha value is -3.35. The number of carbonyl (C=O) groups is 2. The number of anilines is 1. The Morgan fingerprint density at radius 2 is 1.85 bits per heavy atom. The van der Waals surface area contributed by atoms with Crippen LogP contribution in [0.15, 0.2) is 54.6 Å². The normalized spacial score (nSPS) is 13.1. The number of aryl methyl sites for hydroxylation is 1. The molecule has 2 aromatic carbocycles. The molecule has 0 saturated heterocycles. The molecule has 0 aromatic heterocycles. The number of phenols is 1. The number of amides is 1. The minimum absolute atomic E-state index is 0.284. The van der Waals surface area contributed by atoms with E-state index in [1.807, 2.05) is 19.1 Å². The van der Waals surface area contributed by atoms with Gasteiger partial charge in [0.05, 0.1) is 0 Å². The Morgan fingerprint density at radius 3 is 2.44 bits per heavy atom. The molecule has 0 radical (unpaired) electrons. The predicted molar refractivity (Wildman–Crippen MR) is 98.0 cm³/mol. The van der Waals surface area contributed by atoms with Crippen LogP contribution in [0.5, 0.6) is 5.75 Å². The number of phenolic OH excluding ortho intramolecular Hbond substituents is 1. The molecule has 0 spiro atoms. The van der Waals surface area contributed by atoms with Gasteiger partial charge in [-0.3, -0.25) is 5.32 Å². The molecule has 2 rings (SSSR count). The number of rotatable bonds is 6. The molecule has 0 aliphatic heterocycles. The predicted octanol–water partition coefficient (Wildman–Crippen LogP) is 4.41. The van der Waals surface area contributed by atoms with E-state index in [2.05, 4.69) is 5.32 Å². The fraction of sp³-hybridized carbons (Fsp3) is 0.200. The maximum absolute atomic E-state index is 13.7. The van der Waals surface area contributed by atoms with Gasteiger partial charge in [0.15, 0.2) is 11.6 Å². The quantitative estimate of drug-likeness (QED) is 0.652. The number of nitrogens with one attached hydrogen (secondary N) is 1. The largest absolute Gasteiger partial charge is 0.505 e. The first-order valence-electron chi connectivity index (χ1n) is 8.20. The van der Waals surface area contributed by atoms with Crippen molar-refractivity contribution in [1.29, 1.82) is 0 Å². The molecular weight excluding hydrogens is 353 g/mol. The van der Waals surface area contributed by atoms with Crippen LogP contribution in [0.2, 0.25) is 0 Å². The van der Waals surface area contributed by atoms with Gasteiger partial charge >= 0.3 is 12.1 Å². The van der Waals surface area contributed by atoms with Gasteiger partial charge < -0.3 is 14.9 Å². The molecule has 2 atom stereocenters. The number of aliphatic carboxylic acids is 1. The van der Waals surface area contributed by atoms with E-state index in [4.69, 9.17) is 9.84 Å². The lowest BCUT2D eigenvalue weighted by Crippen LogP contribution is -2.21. The topological polar surface area (TPSA) is 95.9 Å². The zero-order chi connectivity index (χ0) is 20.0. The summed E-state index contributed by atoms with van der Waals surface area (Å²) in [4.78, 5) is 23.0. The average Bonchev–Trinajstić information content (AvgIpc) is 2.62. The second kappa shape index (κ2) is 8.84. The van der Waals surface area contributed by atoms with Crippen LogP contribution in [0, 0.1) is 18.7 Å². The summed E-state index contributed by atoms with van der Waals surface area (Å²) in [5.41, 5.74) is 1.83. The van der Waals surface area contributed by atoms with E-state index in [0.717, 1.165) is 23.8 Å². The Bertz CT molecular complexity index is 848. The highest BCUT2D eigenvalue weighted by Crippen LogP contribution is 2.30. The lowest BCUT2D eigenvalue weighted by atomic mass is 9.96. The highest BCUT2D eigenvalue weighted by atomic mass is 19.1. The van der Waals surface area contributed by atoms with E-state index in [-0.39, 0.29) is 5.56 Å². The summed E-state index contributed by atoms with van der Waals surface area (Å²) >= 11 is 0. The minimum Gasteiger partial charge on any atom is -0.505 e. The van der Waals surface area contributed by atoms with Crippen molar-refractivity contribution in [1.82, 2.24) is 0 Å². The number of hydrogen-bond donors (Lipinski definition) is 3. The van der Waals surface area contributed by atoms with Crippen molar-refractivity contribution in [3.63, 3.8) is 0 Å². The number of halogens is 1. The molecule has 142 valence electrons. The Kier molecular flexibility index (Phi) is 6.54.